The van der Waals surface area contributed by atoms with Crippen molar-refractivity contribution in [3.05, 3.63) is 58.2 Å². The van der Waals surface area contributed by atoms with Gasteiger partial charge in [0, 0.05) is 22.9 Å². The standard InChI is InChI=1S/C23H26FNO5/c1-11(2)30-23(28)18-13(4)25-16-9-12(3)17(22(27)29-5)21(26)20(16)19(18)14-7-6-8-15(24)10-14/h6-8,10-12,17,19,25H,9H2,1-5H3/t12-,17-,19+/m0/s1. The van der Waals surface area contributed by atoms with Gasteiger partial charge in [-0.1, -0.05) is 19.1 Å². The minimum Gasteiger partial charge on any atom is -0.468 e. The summed E-state index contributed by atoms with van der Waals surface area (Å²) in [6, 6.07) is 5.79. The molecule has 1 aliphatic heterocycles. The van der Waals surface area contributed by atoms with Crippen LogP contribution in [0.15, 0.2) is 46.8 Å². The van der Waals surface area contributed by atoms with Gasteiger partial charge in [0.05, 0.1) is 18.8 Å². The summed E-state index contributed by atoms with van der Waals surface area (Å²) in [7, 11) is 1.24. The number of ether oxygens (including phenoxy) is 2. The fourth-order valence-electron chi connectivity index (χ4n) is 4.25. The number of allylic oxidation sites excluding steroid dienone is 3. The molecule has 1 heterocycles. The van der Waals surface area contributed by atoms with E-state index >= 15 is 0 Å². The molecule has 0 saturated carbocycles. The number of ketones is 1. The first-order valence-corrected chi connectivity index (χ1v) is 9.95. The minimum absolute atomic E-state index is 0.236. The molecule has 2 aliphatic rings. The van der Waals surface area contributed by atoms with E-state index in [2.05, 4.69) is 5.32 Å². The predicted octanol–water partition coefficient (Wildman–Crippen LogP) is 3.39. The Bertz CT molecular complexity index is 962. The lowest BCUT2D eigenvalue weighted by molar-refractivity contribution is -0.151. The Labute approximate surface area is 175 Å². The third-order valence-electron chi connectivity index (χ3n) is 5.49. The van der Waals surface area contributed by atoms with Crippen molar-refractivity contribution in [2.45, 2.75) is 46.1 Å². The van der Waals surface area contributed by atoms with Crippen LogP contribution in [-0.2, 0) is 23.9 Å². The van der Waals surface area contributed by atoms with Crippen LogP contribution in [0.1, 0.15) is 45.6 Å². The molecular formula is C23H26FNO5. The number of methoxy groups -OCH3 is 1. The third kappa shape index (κ3) is 3.88. The zero-order chi connectivity index (χ0) is 22.2. The number of nitrogens with one attached hydrogen (secondary N) is 1. The molecular weight excluding hydrogens is 389 g/mol. The summed E-state index contributed by atoms with van der Waals surface area (Å²) in [5.74, 6) is -4.20. The highest BCUT2D eigenvalue weighted by atomic mass is 19.1. The topological polar surface area (TPSA) is 81.7 Å². The van der Waals surface area contributed by atoms with Crippen molar-refractivity contribution in [2.24, 2.45) is 11.8 Å². The summed E-state index contributed by atoms with van der Waals surface area (Å²) < 4.78 is 24.3. The quantitative estimate of drug-likeness (QED) is 0.600. The fourth-order valence-corrected chi connectivity index (χ4v) is 4.25. The molecule has 0 amide bonds. The van der Waals surface area contributed by atoms with E-state index in [9.17, 15) is 18.8 Å². The van der Waals surface area contributed by atoms with Gasteiger partial charge >= 0.3 is 11.9 Å². The molecule has 3 atom stereocenters. The molecule has 1 aromatic carbocycles. The number of Topliss-reactive ketones (excluding diaryl/α,β-unsaturated/α-hetero) is 1. The van der Waals surface area contributed by atoms with Gasteiger partial charge in [0.15, 0.2) is 5.78 Å². The Morgan fingerprint density at radius 1 is 1.27 bits per heavy atom. The summed E-state index contributed by atoms with van der Waals surface area (Å²) in [4.78, 5) is 38.8. The highest BCUT2D eigenvalue weighted by molar-refractivity contribution is 6.12. The van der Waals surface area contributed by atoms with Crippen LogP contribution in [0, 0.1) is 17.7 Å². The monoisotopic (exact) mass is 415 g/mol. The SMILES string of the molecule is COC(=O)[C@@H]1C(=O)C2=C(C[C@@H]1C)NC(C)=C(C(=O)OC(C)C)[C@H]2c1cccc(F)c1. The van der Waals surface area contributed by atoms with Gasteiger partial charge in [-0.05, 0) is 50.8 Å². The van der Waals surface area contributed by atoms with Gasteiger partial charge in [-0.2, -0.15) is 0 Å². The lowest BCUT2D eigenvalue weighted by Crippen LogP contribution is -2.43. The van der Waals surface area contributed by atoms with Crippen molar-refractivity contribution in [3.63, 3.8) is 0 Å². The van der Waals surface area contributed by atoms with Crippen LogP contribution >= 0.6 is 0 Å². The van der Waals surface area contributed by atoms with Gasteiger partial charge in [-0.15, -0.1) is 0 Å². The van der Waals surface area contributed by atoms with Crippen LogP contribution in [0.4, 0.5) is 4.39 Å². The van der Waals surface area contributed by atoms with Gasteiger partial charge in [0.2, 0.25) is 0 Å². The average Bonchev–Trinajstić information content (AvgIpc) is 2.65. The van der Waals surface area contributed by atoms with Gasteiger partial charge in [-0.25, -0.2) is 9.18 Å². The second kappa shape index (κ2) is 8.42. The molecule has 0 bridgehead atoms. The summed E-state index contributed by atoms with van der Waals surface area (Å²) in [6.45, 7) is 7.00. The van der Waals surface area contributed by atoms with E-state index in [1.165, 1.54) is 25.3 Å². The lowest BCUT2D eigenvalue weighted by atomic mass is 9.69. The lowest BCUT2D eigenvalue weighted by Gasteiger charge is -2.38. The maximum absolute atomic E-state index is 14.1. The van der Waals surface area contributed by atoms with Crippen LogP contribution in [0.3, 0.4) is 0 Å². The van der Waals surface area contributed by atoms with Crippen molar-refractivity contribution in [2.75, 3.05) is 7.11 Å². The molecule has 1 aliphatic carbocycles. The molecule has 0 saturated heterocycles. The molecule has 160 valence electrons. The third-order valence-corrected chi connectivity index (χ3v) is 5.49. The maximum Gasteiger partial charge on any atom is 0.337 e. The van der Waals surface area contributed by atoms with Crippen LogP contribution in [0.2, 0.25) is 0 Å². The first-order chi connectivity index (χ1) is 14.1. The minimum atomic E-state index is -0.979. The molecule has 6 nitrogen and oxygen atoms in total. The Kier molecular flexibility index (Phi) is 6.10. The predicted molar refractivity (Wildman–Crippen MR) is 108 cm³/mol. The number of halogens is 1. The van der Waals surface area contributed by atoms with Crippen LogP contribution in [0.5, 0.6) is 0 Å². The van der Waals surface area contributed by atoms with Crippen molar-refractivity contribution in [1.29, 1.82) is 0 Å². The van der Waals surface area contributed by atoms with Crippen LogP contribution < -0.4 is 5.32 Å². The molecule has 1 N–H and O–H groups in total. The van der Waals surface area contributed by atoms with Crippen molar-refractivity contribution in [3.8, 4) is 0 Å². The number of dihydropyridines is 1. The number of rotatable bonds is 4. The summed E-state index contributed by atoms with van der Waals surface area (Å²) >= 11 is 0. The average molecular weight is 415 g/mol. The highest BCUT2D eigenvalue weighted by Crippen LogP contribution is 2.45. The van der Waals surface area contributed by atoms with Gasteiger partial charge in [0.25, 0.3) is 0 Å². The number of benzene rings is 1. The Balaban J connectivity index is 2.19. The van der Waals surface area contributed by atoms with E-state index in [0.717, 1.165) is 0 Å². The summed E-state index contributed by atoms with van der Waals surface area (Å²) in [5, 5.41) is 3.17. The highest BCUT2D eigenvalue weighted by Gasteiger charge is 2.47. The fraction of sp³-hybridized carbons (Fsp3) is 0.435. The van der Waals surface area contributed by atoms with E-state index < -0.39 is 35.4 Å². The normalized spacial score (nSPS) is 23.8. The maximum atomic E-state index is 14.1. The number of esters is 2. The first-order valence-electron chi connectivity index (χ1n) is 9.95. The zero-order valence-electron chi connectivity index (χ0n) is 17.7. The van der Waals surface area contributed by atoms with E-state index in [1.807, 2.05) is 6.92 Å². The Morgan fingerprint density at radius 3 is 2.57 bits per heavy atom. The van der Waals surface area contributed by atoms with Crippen molar-refractivity contribution < 1.29 is 28.2 Å². The van der Waals surface area contributed by atoms with Crippen LogP contribution in [0.25, 0.3) is 0 Å². The Morgan fingerprint density at radius 2 is 1.97 bits per heavy atom. The van der Waals surface area contributed by atoms with E-state index in [1.54, 1.807) is 26.8 Å². The molecule has 7 heteroatoms. The molecule has 3 rings (SSSR count). The molecule has 0 radical (unpaired) electrons. The van der Waals surface area contributed by atoms with E-state index in [0.29, 0.717) is 23.4 Å². The smallest absolute Gasteiger partial charge is 0.337 e. The van der Waals surface area contributed by atoms with Gasteiger partial charge in [0.1, 0.15) is 11.7 Å². The van der Waals surface area contributed by atoms with E-state index in [-0.39, 0.29) is 23.2 Å². The molecule has 0 fully saturated rings. The second-order valence-corrected chi connectivity index (χ2v) is 8.04. The first kappa shape index (κ1) is 21.7. The molecule has 30 heavy (non-hydrogen) atoms. The molecule has 0 spiro atoms. The van der Waals surface area contributed by atoms with Crippen LogP contribution in [-0.4, -0.2) is 30.9 Å². The second-order valence-electron chi connectivity index (χ2n) is 8.04. The largest absolute Gasteiger partial charge is 0.468 e. The summed E-state index contributed by atoms with van der Waals surface area (Å²) in [5.41, 5.74) is 2.16. The molecule has 0 unspecified atom stereocenters. The van der Waals surface area contributed by atoms with Crippen molar-refractivity contribution in [1.82, 2.24) is 5.32 Å². The summed E-state index contributed by atoms with van der Waals surface area (Å²) in [6.07, 6.45) is 0.0579. The zero-order valence-corrected chi connectivity index (χ0v) is 17.7. The number of hydrogen-bond donors (Lipinski definition) is 1. The van der Waals surface area contributed by atoms with Gasteiger partial charge in [-0.3, -0.25) is 9.59 Å². The van der Waals surface area contributed by atoms with Gasteiger partial charge < -0.3 is 14.8 Å². The number of carbonyl (C=O) groups is 3. The van der Waals surface area contributed by atoms with E-state index in [4.69, 9.17) is 9.47 Å². The molecule has 1 aromatic rings. The van der Waals surface area contributed by atoms with Crippen molar-refractivity contribution >= 4 is 17.7 Å². The number of hydrogen-bond acceptors (Lipinski definition) is 6. The molecule has 0 aromatic heterocycles. The Hall–Kier alpha value is -2.96. The number of carbonyl (C=O) groups excluding carboxylic acids is 3.